The fraction of sp³-hybridized carbons (Fsp3) is 0.800. The molecule has 0 aromatic heterocycles. The lowest BCUT2D eigenvalue weighted by Crippen LogP contribution is -2.36. The molecule has 1 unspecified atom stereocenters. The molecular formula is C10H18. The van der Waals surface area contributed by atoms with Crippen LogP contribution in [0.4, 0.5) is 0 Å². The molecule has 58 valence electrons. The van der Waals surface area contributed by atoms with Crippen molar-refractivity contribution in [3.8, 4) is 0 Å². The van der Waals surface area contributed by atoms with Gasteiger partial charge in [0.25, 0.3) is 0 Å². The van der Waals surface area contributed by atoms with Gasteiger partial charge >= 0.3 is 0 Å². The molecule has 10 heavy (non-hydrogen) atoms. The number of allylic oxidation sites excluding steroid dienone is 2. The van der Waals surface area contributed by atoms with Crippen molar-refractivity contribution in [1.29, 1.82) is 0 Å². The van der Waals surface area contributed by atoms with Crippen LogP contribution in [0.15, 0.2) is 11.6 Å². The van der Waals surface area contributed by atoms with E-state index in [1.807, 2.05) is 0 Å². The van der Waals surface area contributed by atoms with E-state index in [1.54, 1.807) is 5.57 Å². The summed E-state index contributed by atoms with van der Waals surface area (Å²) in [6, 6.07) is 0. The second-order valence-corrected chi connectivity index (χ2v) is 3.84. The average molecular weight is 138 g/mol. The Balaban J connectivity index is 2.64. The Morgan fingerprint density at radius 3 is 2.50 bits per heavy atom. The minimum atomic E-state index is 0.517. The Hall–Kier alpha value is -0.260. The van der Waals surface area contributed by atoms with Gasteiger partial charge in [-0.05, 0) is 24.7 Å². The highest BCUT2D eigenvalue weighted by Crippen LogP contribution is 2.52. The first-order valence-electron chi connectivity index (χ1n) is 4.28. The molecule has 1 aliphatic rings. The van der Waals surface area contributed by atoms with Crippen LogP contribution < -0.4 is 0 Å². The highest BCUT2D eigenvalue weighted by atomic mass is 14.5. The van der Waals surface area contributed by atoms with E-state index in [2.05, 4.69) is 33.8 Å². The number of hydrogen-bond acceptors (Lipinski definition) is 0. The minimum absolute atomic E-state index is 0.517. The summed E-state index contributed by atoms with van der Waals surface area (Å²) in [5, 5.41) is 0. The predicted octanol–water partition coefficient (Wildman–Crippen LogP) is 3.39. The lowest BCUT2D eigenvalue weighted by atomic mass is 9.58. The van der Waals surface area contributed by atoms with Crippen molar-refractivity contribution in [2.75, 3.05) is 0 Å². The van der Waals surface area contributed by atoms with Gasteiger partial charge in [0.15, 0.2) is 0 Å². The van der Waals surface area contributed by atoms with Crippen LogP contribution in [0.1, 0.15) is 40.5 Å². The van der Waals surface area contributed by atoms with Gasteiger partial charge in [-0.2, -0.15) is 0 Å². The van der Waals surface area contributed by atoms with E-state index in [4.69, 9.17) is 0 Å². The highest BCUT2D eigenvalue weighted by Gasteiger charge is 2.40. The van der Waals surface area contributed by atoms with Gasteiger partial charge in [0.2, 0.25) is 0 Å². The summed E-state index contributed by atoms with van der Waals surface area (Å²) < 4.78 is 0. The van der Waals surface area contributed by atoms with Gasteiger partial charge in [0, 0.05) is 0 Å². The summed E-state index contributed by atoms with van der Waals surface area (Å²) in [5.74, 6) is 0.943. The second-order valence-electron chi connectivity index (χ2n) is 3.84. The van der Waals surface area contributed by atoms with Crippen molar-refractivity contribution in [3.05, 3.63) is 11.6 Å². The Morgan fingerprint density at radius 1 is 1.60 bits per heavy atom. The van der Waals surface area contributed by atoms with E-state index in [0.29, 0.717) is 5.41 Å². The van der Waals surface area contributed by atoms with Gasteiger partial charge in [-0.1, -0.05) is 38.8 Å². The van der Waals surface area contributed by atoms with Crippen LogP contribution in [0.5, 0.6) is 0 Å². The summed E-state index contributed by atoms with van der Waals surface area (Å²) in [5.41, 5.74) is 2.17. The standard InChI is InChI=1S/C10H18/c1-5-8-7-9(6-2)10(8,3)4/h5,9H,6-7H2,1-4H3. The third kappa shape index (κ3) is 0.902. The van der Waals surface area contributed by atoms with E-state index in [1.165, 1.54) is 12.8 Å². The van der Waals surface area contributed by atoms with Crippen LogP contribution in [0.25, 0.3) is 0 Å². The van der Waals surface area contributed by atoms with Crippen LogP contribution >= 0.6 is 0 Å². The molecule has 0 aromatic rings. The molecule has 1 atom stereocenters. The zero-order chi connectivity index (χ0) is 7.78. The zero-order valence-corrected chi connectivity index (χ0v) is 7.57. The third-order valence-corrected chi connectivity index (χ3v) is 3.16. The lowest BCUT2D eigenvalue weighted by molar-refractivity contribution is 0.160. The SMILES string of the molecule is CC=C1CC(CC)C1(C)C. The molecule has 1 aliphatic carbocycles. The Kier molecular flexibility index (Phi) is 1.89. The fourth-order valence-corrected chi connectivity index (χ4v) is 2.06. The van der Waals surface area contributed by atoms with Gasteiger partial charge < -0.3 is 0 Å². The molecule has 0 aliphatic heterocycles. The third-order valence-electron chi connectivity index (χ3n) is 3.16. The summed E-state index contributed by atoms with van der Waals surface area (Å²) in [4.78, 5) is 0. The van der Waals surface area contributed by atoms with Crippen molar-refractivity contribution in [3.63, 3.8) is 0 Å². The molecule has 0 saturated heterocycles. The van der Waals surface area contributed by atoms with Crippen LogP contribution in [0.2, 0.25) is 0 Å². The van der Waals surface area contributed by atoms with Crippen LogP contribution in [-0.4, -0.2) is 0 Å². The molecule has 0 heteroatoms. The van der Waals surface area contributed by atoms with Crippen molar-refractivity contribution in [1.82, 2.24) is 0 Å². The smallest absolute Gasteiger partial charge is 0.0113 e. The summed E-state index contributed by atoms with van der Waals surface area (Å²) >= 11 is 0. The maximum Gasteiger partial charge on any atom is -0.0113 e. The summed E-state index contributed by atoms with van der Waals surface area (Å²) in [6.07, 6.45) is 4.97. The fourth-order valence-electron chi connectivity index (χ4n) is 2.06. The zero-order valence-electron chi connectivity index (χ0n) is 7.57. The maximum absolute atomic E-state index is 2.36. The molecule has 0 amide bonds. The van der Waals surface area contributed by atoms with E-state index < -0.39 is 0 Å². The van der Waals surface area contributed by atoms with Gasteiger partial charge in [0.05, 0.1) is 0 Å². The largest absolute Gasteiger partial charge is 0.0879 e. The van der Waals surface area contributed by atoms with E-state index in [-0.39, 0.29) is 0 Å². The Labute approximate surface area is 64.3 Å². The van der Waals surface area contributed by atoms with Gasteiger partial charge in [-0.25, -0.2) is 0 Å². The van der Waals surface area contributed by atoms with Crippen molar-refractivity contribution in [2.24, 2.45) is 11.3 Å². The topological polar surface area (TPSA) is 0 Å². The molecule has 0 nitrogen and oxygen atoms in total. The van der Waals surface area contributed by atoms with Crippen LogP contribution in [-0.2, 0) is 0 Å². The highest BCUT2D eigenvalue weighted by molar-refractivity contribution is 5.23. The van der Waals surface area contributed by atoms with Gasteiger partial charge in [-0.15, -0.1) is 0 Å². The maximum atomic E-state index is 2.36. The van der Waals surface area contributed by atoms with Gasteiger partial charge in [-0.3, -0.25) is 0 Å². The number of rotatable bonds is 1. The molecule has 0 radical (unpaired) electrons. The Bertz CT molecular complexity index is 151. The van der Waals surface area contributed by atoms with Crippen LogP contribution in [0, 0.1) is 11.3 Å². The second kappa shape index (κ2) is 2.41. The average Bonchev–Trinajstić information content (AvgIpc) is 1.88. The molecule has 0 spiro atoms. The minimum Gasteiger partial charge on any atom is -0.0879 e. The van der Waals surface area contributed by atoms with E-state index in [0.717, 1.165) is 5.92 Å². The van der Waals surface area contributed by atoms with E-state index >= 15 is 0 Å². The Morgan fingerprint density at radius 2 is 2.20 bits per heavy atom. The predicted molar refractivity (Wildman–Crippen MR) is 45.9 cm³/mol. The van der Waals surface area contributed by atoms with Crippen LogP contribution in [0.3, 0.4) is 0 Å². The molecule has 1 saturated carbocycles. The molecule has 0 N–H and O–H groups in total. The molecule has 0 bridgehead atoms. The molecule has 1 rings (SSSR count). The first kappa shape index (κ1) is 7.84. The van der Waals surface area contributed by atoms with Crippen molar-refractivity contribution >= 4 is 0 Å². The summed E-state index contributed by atoms with van der Waals surface area (Å²) in [7, 11) is 0. The normalized spacial score (nSPS) is 34.0. The van der Waals surface area contributed by atoms with Crippen molar-refractivity contribution in [2.45, 2.75) is 40.5 Å². The number of hydrogen-bond donors (Lipinski definition) is 0. The molecule has 0 aromatic carbocycles. The monoisotopic (exact) mass is 138 g/mol. The first-order chi connectivity index (χ1) is 4.62. The van der Waals surface area contributed by atoms with Gasteiger partial charge in [0.1, 0.15) is 0 Å². The molecule has 0 heterocycles. The van der Waals surface area contributed by atoms with Crippen molar-refractivity contribution < 1.29 is 0 Å². The lowest BCUT2D eigenvalue weighted by Gasteiger charge is -2.47. The molecular weight excluding hydrogens is 120 g/mol. The summed E-state index contributed by atoms with van der Waals surface area (Å²) in [6.45, 7) is 9.17. The quantitative estimate of drug-likeness (QED) is 0.487. The molecule has 1 fully saturated rings. The van der Waals surface area contributed by atoms with E-state index in [9.17, 15) is 0 Å². The first-order valence-corrected chi connectivity index (χ1v) is 4.28.